The fourth-order valence-electron chi connectivity index (χ4n) is 1.92. The molecule has 1 aromatic rings. The van der Waals surface area contributed by atoms with Crippen LogP contribution in [0.2, 0.25) is 0 Å². The minimum atomic E-state index is -3.20. The summed E-state index contributed by atoms with van der Waals surface area (Å²) >= 11 is 4.75. The second-order valence-electron chi connectivity index (χ2n) is 5.83. The van der Waals surface area contributed by atoms with Crippen LogP contribution in [0.3, 0.4) is 0 Å². The molecule has 0 aromatic heterocycles. The van der Waals surface area contributed by atoms with E-state index in [9.17, 15) is 13.2 Å². The van der Waals surface area contributed by atoms with Crippen LogP contribution < -0.4 is 5.32 Å². The van der Waals surface area contributed by atoms with E-state index in [4.69, 9.17) is 15.0 Å². The second-order valence-corrected chi connectivity index (χ2v) is 8.04. The van der Waals surface area contributed by atoms with Crippen LogP contribution in [0.25, 0.3) is 5.57 Å². The normalized spacial score (nSPS) is 14.1. The Kier molecular flexibility index (Phi) is 8.20. The van der Waals surface area contributed by atoms with E-state index in [-0.39, 0.29) is 11.9 Å². The van der Waals surface area contributed by atoms with Crippen LogP contribution in [0.4, 0.5) is 0 Å². The van der Waals surface area contributed by atoms with Gasteiger partial charge in [-0.2, -0.15) is 0 Å². The van der Waals surface area contributed by atoms with Crippen molar-refractivity contribution in [3.8, 4) is 0 Å². The molecule has 25 heavy (non-hydrogen) atoms. The number of nitrogens with one attached hydrogen (secondary N) is 1. The summed E-state index contributed by atoms with van der Waals surface area (Å²) in [4.78, 5) is 13.5. The summed E-state index contributed by atoms with van der Waals surface area (Å²) in [6, 6.07) is 5.70. The zero-order chi connectivity index (χ0) is 19.0. The Morgan fingerprint density at radius 2 is 1.92 bits per heavy atom. The summed E-state index contributed by atoms with van der Waals surface area (Å²) in [7, 11) is -3.20. The van der Waals surface area contributed by atoms with E-state index in [1.54, 1.807) is 24.1 Å². The van der Waals surface area contributed by atoms with E-state index in [0.717, 1.165) is 22.8 Å². The van der Waals surface area contributed by atoms with Gasteiger partial charge >= 0.3 is 158 Å². The molecule has 1 aromatic carbocycles. The quantitative estimate of drug-likeness (QED) is 0.432. The van der Waals surface area contributed by atoms with Gasteiger partial charge in [-0.3, -0.25) is 0 Å². The van der Waals surface area contributed by atoms with Gasteiger partial charge in [0.05, 0.1) is 0 Å². The Labute approximate surface area is 157 Å². The first-order valence-corrected chi connectivity index (χ1v) is 10.2. The first kappa shape index (κ1) is 21.3. The summed E-state index contributed by atoms with van der Waals surface area (Å²) in [6.07, 6.45) is 7.32. The maximum absolute atomic E-state index is 11.8. The van der Waals surface area contributed by atoms with Crippen LogP contribution in [-0.2, 0) is 29.7 Å². The molecule has 138 valence electrons. The Bertz CT molecular complexity index is 836. The molecule has 0 saturated carbocycles. The number of carbonyl (C=O) groups is 1. The molecule has 4 nitrogen and oxygen atoms in total. The molecule has 0 unspecified atom stereocenters. The van der Waals surface area contributed by atoms with Crippen LogP contribution in [-0.4, -0.2) is 31.6 Å². The van der Waals surface area contributed by atoms with Gasteiger partial charge in [-0.25, -0.2) is 0 Å². The van der Waals surface area contributed by atoms with Crippen molar-refractivity contribution in [1.29, 1.82) is 0 Å². The van der Waals surface area contributed by atoms with Crippen molar-refractivity contribution in [2.75, 3.05) is 6.26 Å². The Morgan fingerprint density at radius 3 is 2.48 bits per heavy atom. The summed E-state index contributed by atoms with van der Waals surface area (Å²) in [6.45, 7) is 5.78. The van der Waals surface area contributed by atoms with Gasteiger partial charge in [-0.15, -0.1) is 0 Å². The Hall–Kier alpha value is -1.78. The number of sulfone groups is 1. The van der Waals surface area contributed by atoms with Crippen LogP contribution in [0, 0.1) is 13.8 Å². The van der Waals surface area contributed by atoms with Gasteiger partial charge in [0.2, 0.25) is 0 Å². The van der Waals surface area contributed by atoms with E-state index in [2.05, 4.69) is 11.4 Å². The van der Waals surface area contributed by atoms with Gasteiger partial charge < -0.3 is 0 Å². The predicted molar refractivity (Wildman–Crippen MR) is 101 cm³/mol. The van der Waals surface area contributed by atoms with Crippen molar-refractivity contribution in [2.45, 2.75) is 26.8 Å². The molecule has 1 amide bonds. The number of hydrogen-bond acceptors (Lipinski definition) is 3. The van der Waals surface area contributed by atoms with E-state index in [1.807, 2.05) is 26.0 Å². The molecule has 0 saturated heterocycles. The Morgan fingerprint density at radius 1 is 1.24 bits per heavy atom. The number of carbonyl (C=O) groups excluding carboxylic acids is 1. The zero-order valence-electron chi connectivity index (χ0n) is 14.7. The number of hydrogen-bond donors (Lipinski definition) is 1. The second kappa shape index (κ2) is 9.64. The summed E-state index contributed by atoms with van der Waals surface area (Å²) in [5, 5.41) is 3.74. The molecule has 6 heteroatoms. The molecule has 0 aliphatic carbocycles. The van der Waals surface area contributed by atoms with Crippen molar-refractivity contribution in [3.63, 3.8) is 0 Å². The van der Waals surface area contributed by atoms with Crippen molar-refractivity contribution >= 4 is 26.3 Å². The Balaban J connectivity index is 2.77. The predicted octanol–water partition coefficient (Wildman–Crippen LogP) is 2.66. The van der Waals surface area contributed by atoms with Crippen LogP contribution in [0.5, 0.6) is 0 Å². The fourth-order valence-corrected chi connectivity index (χ4v) is 2.70. The number of amides is 1. The van der Waals surface area contributed by atoms with Crippen molar-refractivity contribution in [3.05, 3.63) is 64.6 Å². The third kappa shape index (κ3) is 8.23. The molecule has 1 rings (SSSR count). The summed E-state index contributed by atoms with van der Waals surface area (Å²) < 4.78 is 22.1. The van der Waals surface area contributed by atoms with Gasteiger partial charge in [-0.1, -0.05) is 0 Å². The van der Waals surface area contributed by atoms with Gasteiger partial charge in [0.1, 0.15) is 0 Å². The van der Waals surface area contributed by atoms with Gasteiger partial charge in [0.15, 0.2) is 0 Å². The standard InChI is InChI=1S/C19H23NO3S.Ni/c1-14-9-10-18(13-16(14)3)15(2)7-6-8-19(21)20-17(4)11-12-24(5,22)23;/h2,6-13,17H,1,3-5H3,(H,20,21);/b8-6?,12-11-,15-7+;/t17-;/m0./s1. The van der Waals surface area contributed by atoms with E-state index in [1.165, 1.54) is 23.3 Å². The summed E-state index contributed by atoms with van der Waals surface area (Å²) in [5.74, 6) is -0.311. The van der Waals surface area contributed by atoms with Gasteiger partial charge in [0.25, 0.3) is 0 Å². The van der Waals surface area contributed by atoms with Crippen LogP contribution in [0.15, 0.2) is 47.9 Å². The fraction of sp³-hybridized carbons (Fsp3) is 0.263. The molecule has 1 N–H and O–H groups in total. The van der Waals surface area contributed by atoms with Crippen LogP contribution >= 0.6 is 0 Å². The van der Waals surface area contributed by atoms with Crippen molar-refractivity contribution in [1.82, 2.24) is 5.32 Å². The molecule has 1 atom stereocenters. The number of rotatable bonds is 7. The van der Waals surface area contributed by atoms with Gasteiger partial charge in [0, 0.05) is 0 Å². The maximum atomic E-state index is 11.8. The topological polar surface area (TPSA) is 63.2 Å². The third-order valence-corrected chi connectivity index (χ3v) is 4.41. The SMILES string of the molecule is Cc1ccc(/C([CH]=[Ni])=C/C=CC(=O)N[C@@H](C)/C=C\S(C)(=O)=O)cc1C. The van der Waals surface area contributed by atoms with Crippen LogP contribution in [0.1, 0.15) is 23.6 Å². The molecule has 0 bridgehead atoms. The molecule has 0 fully saturated rings. The van der Waals surface area contributed by atoms with E-state index in [0.29, 0.717) is 0 Å². The molecule has 0 radical (unpaired) electrons. The molecule has 0 aliphatic rings. The number of aryl methyl sites for hydroxylation is 2. The van der Waals surface area contributed by atoms with E-state index < -0.39 is 9.84 Å². The third-order valence-electron chi connectivity index (χ3n) is 3.45. The van der Waals surface area contributed by atoms with Crippen molar-refractivity contribution < 1.29 is 28.2 Å². The van der Waals surface area contributed by atoms with Crippen molar-refractivity contribution in [2.24, 2.45) is 0 Å². The van der Waals surface area contributed by atoms with Gasteiger partial charge in [-0.05, 0) is 0 Å². The minimum absolute atomic E-state index is 0.311. The average Bonchev–Trinajstić information content (AvgIpc) is 2.52. The zero-order valence-corrected chi connectivity index (χ0v) is 16.5. The number of allylic oxidation sites excluding steroid dienone is 3. The average molecular weight is 404 g/mol. The monoisotopic (exact) mass is 403 g/mol. The molecular weight excluding hydrogens is 381 g/mol. The van der Waals surface area contributed by atoms with E-state index >= 15 is 0 Å². The molecule has 0 spiro atoms. The first-order chi connectivity index (χ1) is 11.6. The summed E-state index contributed by atoms with van der Waals surface area (Å²) in [5.41, 5.74) is 4.25. The molecule has 0 heterocycles. The first-order valence-electron chi connectivity index (χ1n) is 7.67. The molecular formula is C19H23NNiO3S. The molecule has 0 aliphatic heterocycles. The number of benzene rings is 1.